The van der Waals surface area contributed by atoms with E-state index in [2.05, 4.69) is 15.9 Å². The number of benzene rings is 2. The van der Waals surface area contributed by atoms with Crippen LogP contribution in [0.5, 0.6) is 0 Å². The van der Waals surface area contributed by atoms with Crippen molar-refractivity contribution in [1.82, 2.24) is 0 Å². The van der Waals surface area contributed by atoms with Crippen molar-refractivity contribution in [2.24, 2.45) is 0 Å². The van der Waals surface area contributed by atoms with E-state index in [1.54, 1.807) is 30.3 Å². The van der Waals surface area contributed by atoms with Gasteiger partial charge in [0.15, 0.2) is 0 Å². The predicted molar refractivity (Wildman–Crippen MR) is 83.0 cm³/mol. The highest BCUT2D eigenvalue weighted by Gasteiger charge is 2.11. The topological polar surface area (TPSA) is 17.1 Å². The molecule has 2 aromatic carbocycles. The summed E-state index contributed by atoms with van der Waals surface area (Å²) >= 11 is 14.9. The number of Topliss-reactive ketones (excluding diaryl/α,β-unsaturated/α-hetero) is 1. The molecule has 0 aliphatic carbocycles. The maximum absolute atomic E-state index is 13.4. The summed E-state index contributed by atoms with van der Waals surface area (Å²) < 4.78 is 13.7. The Labute approximate surface area is 134 Å². The Morgan fingerprint density at radius 1 is 1.10 bits per heavy atom. The van der Waals surface area contributed by atoms with Gasteiger partial charge >= 0.3 is 0 Å². The fourth-order valence-electron chi connectivity index (χ4n) is 1.84. The second-order valence-electron chi connectivity index (χ2n) is 4.35. The Morgan fingerprint density at radius 3 is 2.55 bits per heavy atom. The van der Waals surface area contributed by atoms with E-state index in [4.69, 9.17) is 23.2 Å². The molecular formula is C15H10BrCl2FO. The van der Waals surface area contributed by atoms with Gasteiger partial charge in [0.25, 0.3) is 0 Å². The lowest BCUT2D eigenvalue weighted by atomic mass is 10.0. The minimum atomic E-state index is -0.371. The normalized spacial score (nSPS) is 10.6. The van der Waals surface area contributed by atoms with Crippen molar-refractivity contribution in [3.05, 3.63) is 67.9 Å². The van der Waals surface area contributed by atoms with Crippen molar-refractivity contribution >= 4 is 44.9 Å². The zero-order chi connectivity index (χ0) is 14.7. The molecule has 0 unspecified atom stereocenters. The first-order chi connectivity index (χ1) is 9.47. The molecule has 0 radical (unpaired) electrons. The Hall–Kier alpha value is -0.900. The third-order valence-electron chi connectivity index (χ3n) is 2.80. The van der Waals surface area contributed by atoms with Gasteiger partial charge in [0.1, 0.15) is 11.6 Å². The van der Waals surface area contributed by atoms with Crippen LogP contribution in [0.25, 0.3) is 0 Å². The van der Waals surface area contributed by atoms with E-state index in [0.717, 1.165) is 5.56 Å². The molecule has 0 atom stereocenters. The first-order valence-corrected chi connectivity index (χ1v) is 7.41. The van der Waals surface area contributed by atoms with E-state index < -0.39 is 0 Å². The summed E-state index contributed by atoms with van der Waals surface area (Å²) in [7, 11) is 0. The monoisotopic (exact) mass is 374 g/mol. The van der Waals surface area contributed by atoms with Gasteiger partial charge in [-0.3, -0.25) is 4.79 Å². The highest BCUT2D eigenvalue weighted by atomic mass is 79.9. The molecule has 0 saturated carbocycles. The van der Waals surface area contributed by atoms with Gasteiger partial charge in [0.05, 0.1) is 14.5 Å². The fourth-order valence-corrected chi connectivity index (χ4v) is 2.56. The Kier molecular flexibility index (Phi) is 5.19. The van der Waals surface area contributed by atoms with E-state index in [1.165, 1.54) is 6.07 Å². The third kappa shape index (κ3) is 3.81. The number of carbonyl (C=O) groups excluding carboxylic acids is 1. The molecule has 0 spiro atoms. The molecule has 0 fully saturated rings. The predicted octanol–water partition coefficient (Wildman–Crippen LogP) is 5.25. The van der Waals surface area contributed by atoms with Gasteiger partial charge in [0, 0.05) is 12.8 Å². The molecule has 5 heteroatoms. The van der Waals surface area contributed by atoms with Crippen LogP contribution in [0.4, 0.5) is 4.39 Å². The second kappa shape index (κ2) is 6.70. The largest absolute Gasteiger partial charge is 0.299 e. The van der Waals surface area contributed by atoms with Gasteiger partial charge in [-0.1, -0.05) is 41.4 Å². The fraction of sp³-hybridized carbons (Fsp3) is 0.133. The number of hydrogen-bond acceptors (Lipinski definition) is 1. The quantitative estimate of drug-likeness (QED) is 0.713. The number of ketones is 1. The van der Waals surface area contributed by atoms with Crippen LogP contribution in [-0.4, -0.2) is 5.78 Å². The van der Waals surface area contributed by atoms with E-state index in [9.17, 15) is 9.18 Å². The van der Waals surface area contributed by atoms with Crippen molar-refractivity contribution < 1.29 is 9.18 Å². The van der Waals surface area contributed by atoms with Gasteiger partial charge in [0.2, 0.25) is 0 Å². The van der Waals surface area contributed by atoms with E-state index in [-0.39, 0.29) is 24.4 Å². The van der Waals surface area contributed by atoms with Gasteiger partial charge in [-0.15, -0.1) is 0 Å². The lowest BCUT2D eigenvalue weighted by Gasteiger charge is -2.06. The number of rotatable bonds is 4. The Balaban J connectivity index is 2.09. The van der Waals surface area contributed by atoms with Crippen molar-refractivity contribution in [2.75, 3.05) is 0 Å². The van der Waals surface area contributed by atoms with Crippen LogP contribution in [0.3, 0.4) is 0 Å². The number of hydrogen-bond donors (Lipinski definition) is 0. The zero-order valence-electron chi connectivity index (χ0n) is 10.3. The average Bonchev–Trinajstić information content (AvgIpc) is 2.39. The lowest BCUT2D eigenvalue weighted by molar-refractivity contribution is -0.117. The first-order valence-electron chi connectivity index (χ1n) is 5.86. The van der Waals surface area contributed by atoms with Crippen LogP contribution >= 0.6 is 39.1 Å². The minimum absolute atomic E-state index is 0.0188. The van der Waals surface area contributed by atoms with Gasteiger partial charge < -0.3 is 0 Å². The molecule has 0 aliphatic rings. The van der Waals surface area contributed by atoms with Crippen LogP contribution in [-0.2, 0) is 17.6 Å². The number of halogens is 4. The third-order valence-corrected chi connectivity index (χ3v) is 4.43. The first kappa shape index (κ1) is 15.5. The van der Waals surface area contributed by atoms with Crippen LogP contribution < -0.4 is 0 Å². The van der Waals surface area contributed by atoms with Crippen molar-refractivity contribution in [2.45, 2.75) is 12.8 Å². The molecule has 0 bridgehead atoms. The molecule has 0 saturated heterocycles. The summed E-state index contributed by atoms with van der Waals surface area (Å²) in [4.78, 5) is 12.0. The molecule has 0 aliphatic heterocycles. The average molecular weight is 376 g/mol. The summed E-state index contributed by atoms with van der Waals surface area (Å²) in [5.74, 6) is -0.389. The van der Waals surface area contributed by atoms with E-state index in [1.807, 2.05) is 0 Å². The smallest absolute Gasteiger partial charge is 0.141 e. The molecule has 1 nitrogen and oxygen atoms in total. The Morgan fingerprint density at radius 2 is 1.85 bits per heavy atom. The molecule has 2 aromatic rings. The molecule has 20 heavy (non-hydrogen) atoms. The molecular weight excluding hydrogens is 366 g/mol. The zero-order valence-corrected chi connectivity index (χ0v) is 13.4. The van der Waals surface area contributed by atoms with Crippen molar-refractivity contribution in [1.29, 1.82) is 0 Å². The summed E-state index contributed by atoms with van der Waals surface area (Å²) in [6.45, 7) is 0. The Bertz CT molecular complexity index is 658. The van der Waals surface area contributed by atoms with Crippen LogP contribution in [0.1, 0.15) is 11.1 Å². The van der Waals surface area contributed by atoms with E-state index in [0.29, 0.717) is 20.1 Å². The molecule has 0 aromatic heterocycles. The highest BCUT2D eigenvalue weighted by Crippen LogP contribution is 2.24. The van der Waals surface area contributed by atoms with Gasteiger partial charge in [-0.05, 0) is 45.3 Å². The summed E-state index contributed by atoms with van der Waals surface area (Å²) in [6.07, 6.45) is 0.401. The van der Waals surface area contributed by atoms with Crippen molar-refractivity contribution in [3.63, 3.8) is 0 Å². The SMILES string of the molecule is O=C(Cc1ccc(Cl)c(Cl)c1)Cc1cccc(F)c1Br. The molecule has 0 amide bonds. The molecule has 104 valence electrons. The molecule has 0 N–H and O–H groups in total. The summed E-state index contributed by atoms with van der Waals surface area (Å²) in [5.41, 5.74) is 1.42. The molecule has 2 rings (SSSR count). The highest BCUT2D eigenvalue weighted by molar-refractivity contribution is 9.10. The standard InChI is InChI=1S/C15H10BrCl2FO/c16-15-10(2-1-3-14(15)19)8-11(20)6-9-4-5-12(17)13(18)7-9/h1-5,7H,6,8H2. The van der Waals surface area contributed by atoms with Crippen LogP contribution in [0.2, 0.25) is 10.0 Å². The maximum Gasteiger partial charge on any atom is 0.141 e. The minimum Gasteiger partial charge on any atom is -0.299 e. The van der Waals surface area contributed by atoms with Crippen molar-refractivity contribution in [3.8, 4) is 0 Å². The summed E-state index contributed by atoms with van der Waals surface area (Å²) in [6, 6.07) is 9.73. The van der Waals surface area contributed by atoms with Crippen LogP contribution in [0.15, 0.2) is 40.9 Å². The maximum atomic E-state index is 13.4. The van der Waals surface area contributed by atoms with E-state index >= 15 is 0 Å². The van der Waals surface area contributed by atoms with Gasteiger partial charge in [-0.25, -0.2) is 4.39 Å². The van der Waals surface area contributed by atoms with Crippen LogP contribution in [0, 0.1) is 5.82 Å². The molecule has 0 heterocycles. The second-order valence-corrected chi connectivity index (χ2v) is 5.96. The number of carbonyl (C=O) groups is 1. The van der Waals surface area contributed by atoms with Gasteiger partial charge in [-0.2, -0.15) is 0 Å². The lowest BCUT2D eigenvalue weighted by Crippen LogP contribution is -2.07. The summed E-state index contributed by atoms with van der Waals surface area (Å²) in [5, 5.41) is 0.875.